The van der Waals surface area contributed by atoms with Crippen molar-refractivity contribution in [2.45, 2.75) is 32.3 Å². The Morgan fingerprint density at radius 2 is 2.11 bits per heavy atom. The summed E-state index contributed by atoms with van der Waals surface area (Å²) in [5.41, 5.74) is 5.37. The highest BCUT2D eigenvalue weighted by Gasteiger charge is 2.28. The van der Waals surface area contributed by atoms with Gasteiger partial charge in [-0.25, -0.2) is 13.4 Å². The van der Waals surface area contributed by atoms with Crippen molar-refractivity contribution in [3.8, 4) is 0 Å². The number of aryl methyl sites for hydroxylation is 1. The highest BCUT2D eigenvalue weighted by molar-refractivity contribution is 7.89. The van der Waals surface area contributed by atoms with Gasteiger partial charge in [0.05, 0.1) is 6.33 Å². The Morgan fingerprint density at radius 3 is 2.56 bits per heavy atom. The van der Waals surface area contributed by atoms with E-state index in [0.29, 0.717) is 19.6 Å². The zero-order valence-corrected chi connectivity index (χ0v) is 12.2. The Hall–Kier alpha value is -0.920. The quantitative estimate of drug-likeness (QED) is 0.819. The largest absolute Gasteiger partial charge is 0.336 e. The van der Waals surface area contributed by atoms with Crippen molar-refractivity contribution in [3.63, 3.8) is 0 Å². The van der Waals surface area contributed by atoms with E-state index in [1.165, 1.54) is 10.6 Å². The fourth-order valence-corrected chi connectivity index (χ4v) is 2.85. The van der Waals surface area contributed by atoms with Crippen LogP contribution in [0, 0.1) is 5.41 Å². The van der Waals surface area contributed by atoms with E-state index in [-0.39, 0.29) is 10.4 Å². The number of hydrogen-bond acceptors (Lipinski definition) is 4. The lowest BCUT2D eigenvalue weighted by Gasteiger charge is -2.27. The van der Waals surface area contributed by atoms with E-state index in [1.54, 1.807) is 17.8 Å². The van der Waals surface area contributed by atoms with Crippen molar-refractivity contribution < 1.29 is 8.42 Å². The smallest absolute Gasteiger partial charge is 0.261 e. The van der Waals surface area contributed by atoms with Gasteiger partial charge in [0.15, 0.2) is 5.03 Å². The summed E-state index contributed by atoms with van der Waals surface area (Å²) in [5.74, 6) is 0. The fourth-order valence-electron chi connectivity index (χ4n) is 1.56. The molecule has 104 valence electrons. The summed E-state index contributed by atoms with van der Waals surface area (Å²) in [6.45, 7) is 7.29. The molecule has 1 rings (SSSR count). The summed E-state index contributed by atoms with van der Waals surface area (Å²) in [7, 11) is -1.97. The first-order chi connectivity index (χ1) is 8.23. The molecule has 0 bridgehead atoms. The van der Waals surface area contributed by atoms with E-state index in [4.69, 9.17) is 5.73 Å². The number of imidazole rings is 1. The molecule has 6 nitrogen and oxygen atoms in total. The van der Waals surface area contributed by atoms with Gasteiger partial charge in [0.2, 0.25) is 0 Å². The van der Waals surface area contributed by atoms with Crippen LogP contribution in [0.1, 0.15) is 20.8 Å². The fraction of sp³-hybridized carbons (Fsp3) is 0.727. The highest BCUT2D eigenvalue weighted by atomic mass is 32.2. The van der Waals surface area contributed by atoms with Crippen molar-refractivity contribution in [1.82, 2.24) is 13.9 Å². The molecule has 0 saturated carbocycles. The monoisotopic (exact) mass is 274 g/mol. The average molecular weight is 274 g/mol. The van der Waals surface area contributed by atoms with Gasteiger partial charge >= 0.3 is 0 Å². The Morgan fingerprint density at radius 1 is 1.50 bits per heavy atom. The first kappa shape index (κ1) is 15.1. The molecule has 0 radical (unpaired) electrons. The lowest BCUT2D eigenvalue weighted by molar-refractivity contribution is 0.291. The van der Waals surface area contributed by atoms with Crippen LogP contribution in [-0.4, -0.2) is 42.4 Å². The van der Waals surface area contributed by atoms with Crippen molar-refractivity contribution >= 4 is 10.0 Å². The third-order valence-corrected chi connectivity index (χ3v) is 4.54. The van der Waals surface area contributed by atoms with Gasteiger partial charge in [-0.2, -0.15) is 4.31 Å². The highest BCUT2D eigenvalue weighted by Crippen LogP contribution is 2.19. The van der Waals surface area contributed by atoms with Gasteiger partial charge in [-0.15, -0.1) is 0 Å². The molecule has 0 aliphatic carbocycles. The van der Waals surface area contributed by atoms with E-state index in [2.05, 4.69) is 4.98 Å². The number of nitrogens with zero attached hydrogens (tertiary/aromatic N) is 3. The lowest BCUT2D eigenvalue weighted by Crippen LogP contribution is -2.39. The lowest BCUT2D eigenvalue weighted by atomic mass is 9.94. The molecular weight excluding hydrogens is 252 g/mol. The van der Waals surface area contributed by atoms with E-state index in [1.807, 2.05) is 20.8 Å². The van der Waals surface area contributed by atoms with Gasteiger partial charge in [0, 0.05) is 26.3 Å². The molecule has 2 N–H and O–H groups in total. The van der Waals surface area contributed by atoms with Crippen LogP contribution < -0.4 is 5.73 Å². The van der Waals surface area contributed by atoms with Crippen molar-refractivity contribution in [3.05, 3.63) is 12.5 Å². The molecule has 0 aromatic carbocycles. The summed E-state index contributed by atoms with van der Waals surface area (Å²) in [6, 6.07) is 0. The Bertz CT molecular complexity index is 493. The van der Waals surface area contributed by atoms with E-state index in [0.717, 1.165) is 0 Å². The maximum Gasteiger partial charge on any atom is 0.261 e. The molecular formula is C11H22N4O2S. The van der Waals surface area contributed by atoms with Crippen LogP contribution >= 0.6 is 0 Å². The molecule has 0 atom stereocenters. The molecule has 7 heteroatoms. The van der Waals surface area contributed by atoms with Gasteiger partial charge in [-0.1, -0.05) is 13.8 Å². The molecule has 0 fully saturated rings. The van der Waals surface area contributed by atoms with Gasteiger partial charge in [0.1, 0.15) is 0 Å². The van der Waals surface area contributed by atoms with Gasteiger partial charge in [0.25, 0.3) is 10.0 Å². The number of hydrogen-bond donors (Lipinski definition) is 1. The van der Waals surface area contributed by atoms with Crippen LogP contribution in [-0.2, 0) is 16.6 Å². The minimum Gasteiger partial charge on any atom is -0.336 e. The second-order valence-electron chi connectivity index (χ2n) is 5.17. The minimum atomic E-state index is -3.53. The molecule has 0 unspecified atom stereocenters. The van der Waals surface area contributed by atoms with Gasteiger partial charge in [-0.05, 0) is 18.9 Å². The zero-order valence-electron chi connectivity index (χ0n) is 11.4. The molecule has 0 aliphatic heterocycles. The van der Waals surface area contributed by atoms with Crippen molar-refractivity contribution in [1.29, 1.82) is 0 Å². The van der Waals surface area contributed by atoms with Crippen LogP contribution in [0.2, 0.25) is 0 Å². The molecule has 18 heavy (non-hydrogen) atoms. The summed E-state index contributed by atoms with van der Waals surface area (Å²) in [4.78, 5) is 3.94. The molecule has 1 aromatic heterocycles. The van der Waals surface area contributed by atoms with Crippen molar-refractivity contribution in [2.24, 2.45) is 11.1 Å². The Kier molecular flexibility index (Phi) is 4.52. The van der Waals surface area contributed by atoms with E-state index in [9.17, 15) is 8.42 Å². The third-order valence-electron chi connectivity index (χ3n) is 2.85. The Labute approximate surface area is 109 Å². The minimum absolute atomic E-state index is 0.0830. The van der Waals surface area contributed by atoms with Crippen LogP contribution in [0.3, 0.4) is 0 Å². The normalized spacial score (nSPS) is 13.2. The van der Waals surface area contributed by atoms with Crippen LogP contribution in [0.25, 0.3) is 0 Å². The molecule has 0 aliphatic rings. The second-order valence-corrected chi connectivity index (χ2v) is 7.16. The summed E-state index contributed by atoms with van der Waals surface area (Å²) < 4.78 is 27.6. The number of nitrogens with two attached hydrogens (primary N) is 1. The van der Waals surface area contributed by atoms with Crippen LogP contribution in [0.4, 0.5) is 0 Å². The number of rotatable bonds is 6. The predicted molar refractivity (Wildman–Crippen MR) is 70.6 cm³/mol. The predicted octanol–water partition coefficient (Wildman–Crippen LogP) is 0.508. The molecule has 1 aromatic rings. The Balaban J connectivity index is 2.93. The SMILES string of the molecule is CCn1cnc(S(=O)(=O)N(C)CC(C)(C)CN)c1. The number of sulfonamides is 1. The first-order valence-electron chi connectivity index (χ1n) is 5.91. The maximum atomic E-state index is 12.3. The van der Waals surface area contributed by atoms with Gasteiger partial charge in [-0.3, -0.25) is 0 Å². The van der Waals surface area contributed by atoms with E-state index < -0.39 is 10.0 Å². The summed E-state index contributed by atoms with van der Waals surface area (Å²) in [5, 5.41) is 0.0830. The van der Waals surface area contributed by atoms with Gasteiger partial charge < -0.3 is 10.3 Å². The third kappa shape index (κ3) is 3.30. The number of aromatic nitrogens is 2. The zero-order chi connectivity index (χ0) is 14.0. The molecule has 1 heterocycles. The topological polar surface area (TPSA) is 81.2 Å². The van der Waals surface area contributed by atoms with E-state index >= 15 is 0 Å². The maximum absolute atomic E-state index is 12.3. The standard InChI is InChI=1S/C11H22N4O2S/c1-5-15-6-10(13-9-15)18(16,17)14(4)8-11(2,3)7-12/h6,9H,5,7-8,12H2,1-4H3. The molecule has 0 amide bonds. The molecule has 0 saturated heterocycles. The second kappa shape index (κ2) is 5.38. The summed E-state index contributed by atoms with van der Waals surface area (Å²) >= 11 is 0. The van der Waals surface area contributed by atoms with Crippen molar-refractivity contribution in [2.75, 3.05) is 20.1 Å². The average Bonchev–Trinajstić information content (AvgIpc) is 2.77. The molecule has 0 spiro atoms. The summed E-state index contributed by atoms with van der Waals surface area (Å²) in [6.07, 6.45) is 3.07. The van der Waals surface area contributed by atoms with Crippen LogP contribution in [0.15, 0.2) is 17.6 Å². The first-order valence-corrected chi connectivity index (χ1v) is 7.35. The van der Waals surface area contributed by atoms with Crippen LogP contribution in [0.5, 0.6) is 0 Å².